The maximum atomic E-state index is 13.3. The van der Waals surface area contributed by atoms with Crippen molar-refractivity contribution in [1.82, 2.24) is 35.0 Å². The Kier molecular flexibility index (Phi) is 4.58. The van der Waals surface area contributed by atoms with E-state index in [-0.39, 0.29) is 28.8 Å². The summed E-state index contributed by atoms with van der Waals surface area (Å²) in [5.41, 5.74) is -0.101. The van der Waals surface area contributed by atoms with Gasteiger partial charge in [-0.05, 0) is 32.0 Å². The summed E-state index contributed by atoms with van der Waals surface area (Å²) >= 11 is 0. The van der Waals surface area contributed by atoms with Crippen LogP contribution in [0.3, 0.4) is 0 Å². The fourth-order valence-electron chi connectivity index (χ4n) is 3.84. The number of alkyl halides is 3. The second kappa shape index (κ2) is 7.30. The summed E-state index contributed by atoms with van der Waals surface area (Å²) in [6.45, 7) is 1.68. The molecular formula is C19H16F3N7O2. The summed E-state index contributed by atoms with van der Waals surface area (Å²) in [4.78, 5) is 22.9. The number of nitrogens with zero attached hydrogens (tertiary/aromatic N) is 5. The maximum absolute atomic E-state index is 13.3. The first-order valence-electron chi connectivity index (χ1n) is 9.59. The number of nitrogens with one attached hydrogen (secondary N) is 2. The Morgan fingerprint density at radius 3 is 2.74 bits per heavy atom. The van der Waals surface area contributed by atoms with Gasteiger partial charge in [-0.15, -0.1) is 0 Å². The van der Waals surface area contributed by atoms with Gasteiger partial charge in [0.25, 0.3) is 11.4 Å². The first-order chi connectivity index (χ1) is 14.9. The minimum absolute atomic E-state index is 0.0555. The van der Waals surface area contributed by atoms with Gasteiger partial charge in [0.15, 0.2) is 0 Å². The van der Waals surface area contributed by atoms with Crippen molar-refractivity contribution in [3.05, 3.63) is 52.3 Å². The van der Waals surface area contributed by atoms with E-state index in [2.05, 4.69) is 30.5 Å². The molecule has 1 aliphatic heterocycles. The quantitative estimate of drug-likeness (QED) is 0.513. The highest BCUT2D eigenvalue weighted by molar-refractivity contribution is 5.72. The Morgan fingerprint density at radius 1 is 1.16 bits per heavy atom. The number of piperidine rings is 1. The molecule has 4 aromatic heterocycles. The number of aromatic amines is 1. The molecule has 1 saturated heterocycles. The number of aromatic nitrogens is 6. The molecule has 0 saturated carbocycles. The maximum Gasteiger partial charge on any atom is 0.417 e. The molecule has 12 heteroatoms. The Bertz CT molecular complexity index is 1300. The highest BCUT2D eigenvalue weighted by atomic mass is 19.4. The van der Waals surface area contributed by atoms with E-state index in [4.69, 9.17) is 4.52 Å². The van der Waals surface area contributed by atoms with Crippen LogP contribution in [0.15, 0.2) is 40.0 Å². The van der Waals surface area contributed by atoms with Crippen molar-refractivity contribution >= 4 is 5.65 Å². The van der Waals surface area contributed by atoms with Crippen LogP contribution in [0.2, 0.25) is 0 Å². The molecule has 0 amide bonds. The van der Waals surface area contributed by atoms with Crippen LogP contribution in [-0.4, -0.2) is 42.8 Å². The lowest BCUT2D eigenvalue weighted by Gasteiger charge is -2.23. The predicted molar refractivity (Wildman–Crippen MR) is 102 cm³/mol. The van der Waals surface area contributed by atoms with E-state index in [1.807, 2.05) is 0 Å². The lowest BCUT2D eigenvalue weighted by molar-refractivity contribution is -0.137. The Hall–Kier alpha value is -3.54. The van der Waals surface area contributed by atoms with E-state index >= 15 is 0 Å². The topological polar surface area (TPSA) is 114 Å². The van der Waals surface area contributed by atoms with Crippen molar-refractivity contribution in [2.75, 3.05) is 13.1 Å². The van der Waals surface area contributed by atoms with Crippen molar-refractivity contribution < 1.29 is 17.7 Å². The fourth-order valence-corrected chi connectivity index (χ4v) is 3.84. The molecule has 9 nitrogen and oxygen atoms in total. The molecule has 4 aromatic rings. The molecule has 1 fully saturated rings. The highest BCUT2D eigenvalue weighted by Gasteiger charge is 2.35. The van der Waals surface area contributed by atoms with Crippen LogP contribution in [-0.2, 0) is 6.18 Å². The third-order valence-corrected chi connectivity index (χ3v) is 5.32. The SMILES string of the molecule is O=c1cc(C2CCNCC2)n2ncc(-c3nc(-c4cnccc4C(F)(F)F)no3)c2[nH]1. The van der Waals surface area contributed by atoms with Crippen LogP contribution >= 0.6 is 0 Å². The standard InChI is InChI=1S/C19H16F3N7O2/c20-19(21,22)13-3-6-24-8-11(13)16-27-18(31-28-16)12-9-25-29-14(7-15(30)26-17(12)29)10-1-4-23-5-2-10/h3,6-10,23H,1-2,4-5H2,(H,26,30). The molecule has 160 valence electrons. The van der Waals surface area contributed by atoms with E-state index in [1.54, 1.807) is 4.52 Å². The van der Waals surface area contributed by atoms with Gasteiger partial charge in [-0.1, -0.05) is 5.16 Å². The highest BCUT2D eigenvalue weighted by Crippen LogP contribution is 2.36. The summed E-state index contributed by atoms with van der Waals surface area (Å²) in [5, 5.41) is 11.3. The molecular weight excluding hydrogens is 415 g/mol. The average molecular weight is 431 g/mol. The van der Waals surface area contributed by atoms with Gasteiger partial charge in [-0.3, -0.25) is 9.78 Å². The number of hydrogen-bond donors (Lipinski definition) is 2. The number of pyridine rings is 1. The zero-order valence-corrected chi connectivity index (χ0v) is 16.0. The number of hydrogen-bond acceptors (Lipinski definition) is 7. The number of rotatable bonds is 3. The molecule has 31 heavy (non-hydrogen) atoms. The van der Waals surface area contributed by atoms with Gasteiger partial charge in [-0.2, -0.15) is 23.3 Å². The van der Waals surface area contributed by atoms with Gasteiger partial charge >= 0.3 is 6.18 Å². The Labute approximate surface area is 172 Å². The van der Waals surface area contributed by atoms with Gasteiger partial charge in [0.05, 0.1) is 23.0 Å². The molecule has 0 atom stereocenters. The van der Waals surface area contributed by atoms with Crippen molar-refractivity contribution in [2.45, 2.75) is 24.9 Å². The van der Waals surface area contributed by atoms with E-state index in [1.165, 1.54) is 12.3 Å². The second-order valence-electron chi connectivity index (χ2n) is 7.24. The first kappa shape index (κ1) is 19.4. The van der Waals surface area contributed by atoms with Crippen molar-refractivity contribution in [2.24, 2.45) is 0 Å². The number of H-pyrrole nitrogens is 1. The van der Waals surface area contributed by atoms with Crippen LogP contribution in [0.25, 0.3) is 28.5 Å². The van der Waals surface area contributed by atoms with Crippen LogP contribution in [0.4, 0.5) is 13.2 Å². The third-order valence-electron chi connectivity index (χ3n) is 5.32. The second-order valence-corrected chi connectivity index (χ2v) is 7.24. The summed E-state index contributed by atoms with van der Waals surface area (Å²) in [6.07, 6.45) is 0.648. The van der Waals surface area contributed by atoms with E-state index in [0.717, 1.165) is 50.1 Å². The number of fused-ring (bicyclic) bond motifs is 1. The van der Waals surface area contributed by atoms with E-state index in [0.29, 0.717) is 11.2 Å². The van der Waals surface area contributed by atoms with Gasteiger partial charge in [0, 0.05) is 24.4 Å². The predicted octanol–water partition coefficient (Wildman–Crippen LogP) is 2.62. The van der Waals surface area contributed by atoms with Gasteiger partial charge < -0.3 is 14.8 Å². The smallest absolute Gasteiger partial charge is 0.333 e. The van der Waals surface area contributed by atoms with Crippen LogP contribution < -0.4 is 10.9 Å². The molecule has 0 bridgehead atoms. The molecule has 0 radical (unpaired) electrons. The van der Waals surface area contributed by atoms with Crippen molar-refractivity contribution in [3.8, 4) is 22.8 Å². The molecule has 0 aliphatic carbocycles. The van der Waals surface area contributed by atoms with Crippen LogP contribution in [0, 0.1) is 0 Å². The molecule has 1 aliphatic rings. The normalized spacial score (nSPS) is 15.6. The van der Waals surface area contributed by atoms with Crippen LogP contribution in [0.5, 0.6) is 0 Å². The van der Waals surface area contributed by atoms with Crippen molar-refractivity contribution in [1.29, 1.82) is 0 Å². The third kappa shape index (κ3) is 3.48. The van der Waals surface area contributed by atoms with E-state index in [9.17, 15) is 18.0 Å². The summed E-state index contributed by atoms with van der Waals surface area (Å²) in [5.74, 6) is -0.159. The summed E-state index contributed by atoms with van der Waals surface area (Å²) in [7, 11) is 0. The summed E-state index contributed by atoms with van der Waals surface area (Å²) in [6, 6.07) is 2.37. The zero-order chi connectivity index (χ0) is 21.6. The fraction of sp³-hybridized carbons (Fsp3) is 0.316. The molecule has 5 heterocycles. The monoisotopic (exact) mass is 431 g/mol. The van der Waals surface area contributed by atoms with Gasteiger partial charge in [-0.25, -0.2) is 4.52 Å². The van der Waals surface area contributed by atoms with Gasteiger partial charge in [0.2, 0.25) is 5.82 Å². The van der Waals surface area contributed by atoms with E-state index < -0.39 is 11.7 Å². The minimum atomic E-state index is -4.60. The molecule has 0 aromatic carbocycles. The van der Waals surface area contributed by atoms with Crippen LogP contribution in [0.1, 0.15) is 30.0 Å². The van der Waals surface area contributed by atoms with Crippen molar-refractivity contribution in [3.63, 3.8) is 0 Å². The van der Waals surface area contributed by atoms with Gasteiger partial charge in [0.1, 0.15) is 11.2 Å². The number of halogens is 3. The first-order valence-corrected chi connectivity index (χ1v) is 9.59. The zero-order valence-electron chi connectivity index (χ0n) is 16.0. The molecule has 5 rings (SSSR count). The lowest BCUT2D eigenvalue weighted by atomic mass is 9.94. The Balaban J connectivity index is 1.59. The average Bonchev–Trinajstić information content (AvgIpc) is 3.40. The largest absolute Gasteiger partial charge is 0.417 e. The Morgan fingerprint density at radius 2 is 1.97 bits per heavy atom. The molecule has 0 unspecified atom stereocenters. The molecule has 0 spiro atoms. The molecule has 2 N–H and O–H groups in total. The minimum Gasteiger partial charge on any atom is -0.333 e. The summed E-state index contributed by atoms with van der Waals surface area (Å²) < 4.78 is 46.8. The lowest BCUT2D eigenvalue weighted by Crippen LogP contribution is -2.28.